The number of carbonyl (C=O) groups is 2. The van der Waals surface area contributed by atoms with Gasteiger partial charge in [-0.25, -0.2) is 4.79 Å². The molecule has 0 fully saturated rings. The molecule has 1 rings (SSSR count). The third kappa shape index (κ3) is 5.83. The van der Waals surface area contributed by atoms with Gasteiger partial charge in [0.25, 0.3) is 0 Å². The lowest BCUT2D eigenvalue weighted by Gasteiger charge is -2.27. The van der Waals surface area contributed by atoms with E-state index in [1.165, 1.54) is 16.9 Å². The van der Waals surface area contributed by atoms with Gasteiger partial charge in [0.2, 0.25) is 0 Å². The van der Waals surface area contributed by atoms with E-state index in [9.17, 15) is 9.59 Å². The molecule has 2 amide bonds. The maximum absolute atomic E-state index is 12.3. The molecule has 0 radical (unpaired) electrons. The minimum atomic E-state index is -1.04. The van der Waals surface area contributed by atoms with E-state index in [0.717, 1.165) is 11.1 Å². The first-order valence-corrected chi connectivity index (χ1v) is 6.70. The van der Waals surface area contributed by atoms with Gasteiger partial charge in [0.05, 0.1) is 6.61 Å². The molecule has 0 saturated carbocycles. The first kappa shape index (κ1) is 17.0. The van der Waals surface area contributed by atoms with E-state index in [4.69, 9.17) is 9.84 Å². The van der Waals surface area contributed by atoms with Crippen molar-refractivity contribution < 1.29 is 19.4 Å². The average Bonchev–Trinajstić information content (AvgIpc) is 2.44. The van der Waals surface area contributed by atoms with E-state index in [2.05, 4.69) is 0 Å². The van der Waals surface area contributed by atoms with Crippen LogP contribution in [0.15, 0.2) is 24.3 Å². The van der Waals surface area contributed by atoms with Gasteiger partial charge in [-0.1, -0.05) is 29.8 Å². The van der Waals surface area contributed by atoms with Crippen molar-refractivity contribution in [1.82, 2.24) is 9.80 Å². The summed E-state index contributed by atoms with van der Waals surface area (Å²) in [4.78, 5) is 25.9. The predicted molar refractivity (Wildman–Crippen MR) is 79.1 cm³/mol. The lowest BCUT2D eigenvalue weighted by molar-refractivity contribution is -0.137. The van der Waals surface area contributed by atoms with Crippen LogP contribution in [0, 0.1) is 6.92 Å². The smallest absolute Gasteiger partial charge is 0.323 e. The number of carbonyl (C=O) groups excluding carboxylic acids is 1. The molecular formula is C15H22N2O4. The fraction of sp³-hybridized carbons (Fsp3) is 0.467. The maximum atomic E-state index is 12.3. The Hall–Kier alpha value is -2.08. The van der Waals surface area contributed by atoms with Crippen LogP contribution in [0.4, 0.5) is 4.79 Å². The summed E-state index contributed by atoms with van der Waals surface area (Å²) in [7, 11) is 3.17. The van der Waals surface area contributed by atoms with Gasteiger partial charge < -0.3 is 19.6 Å². The quantitative estimate of drug-likeness (QED) is 0.829. The van der Waals surface area contributed by atoms with Gasteiger partial charge >= 0.3 is 12.0 Å². The fourth-order valence-corrected chi connectivity index (χ4v) is 1.88. The zero-order chi connectivity index (χ0) is 15.8. The van der Waals surface area contributed by atoms with Gasteiger partial charge in [-0.05, 0) is 12.5 Å². The van der Waals surface area contributed by atoms with Crippen molar-refractivity contribution in [2.45, 2.75) is 13.5 Å². The summed E-state index contributed by atoms with van der Waals surface area (Å²) >= 11 is 0. The van der Waals surface area contributed by atoms with Crippen molar-refractivity contribution in [2.24, 2.45) is 0 Å². The van der Waals surface area contributed by atoms with Gasteiger partial charge in [0.15, 0.2) is 0 Å². The van der Waals surface area contributed by atoms with Gasteiger partial charge in [0.1, 0.15) is 6.54 Å². The molecule has 0 heterocycles. The van der Waals surface area contributed by atoms with Crippen LogP contribution in [0.2, 0.25) is 0 Å². The lowest BCUT2D eigenvalue weighted by Crippen LogP contribution is -2.44. The van der Waals surface area contributed by atoms with Crippen LogP contribution >= 0.6 is 0 Å². The summed E-state index contributed by atoms with van der Waals surface area (Å²) in [6, 6.07) is 7.54. The summed E-state index contributed by atoms with van der Waals surface area (Å²) in [5, 5.41) is 8.88. The summed E-state index contributed by atoms with van der Waals surface area (Å²) in [5.74, 6) is -1.04. The lowest BCUT2D eigenvalue weighted by atomic mass is 10.1. The SMILES string of the molecule is COCCN(CC(=O)O)C(=O)N(C)Cc1ccc(C)cc1. The molecule has 0 aliphatic carbocycles. The van der Waals surface area contributed by atoms with Crippen molar-refractivity contribution >= 4 is 12.0 Å². The van der Waals surface area contributed by atoms with Crippen LogP contribution < -0.4 is 0 Å². The highest BCUT2D eigenvalue weighted by Crippen LogP contribution is 2.08. The average molecular weight is 294 g/mol. The first-order chi connectivity index (χ1) is 9.93. The molecule has 0 spiro atoms. The fourth-order valence-electron chi connectivity index (χ4n) is 1.88. The number of rotatable bonds is 7. The number of methoxy groups -OCH3 is 1. The summed E-state index contributed by atoms with van der Waals surface area (Å²) in [6.07, 6.45) is 0. The zero-order valence-corrected chi connectivity index (χ0v) is 12.7. The summed E-state index contributed by atoms with van der Waals surface area (Å²) in [5.41, 5.74) is 2.15. The highest BCUT2D eigenvalue weighted by Gasteiger charge is 2.20. The Balaban J connectivity index is 2.67. The highest BCUT2D eigenvalue weighted by atomic mass is 16.5. The number of hydrogen-bond donors (Lipinski definition) is 1. The number of ether oxygens (including phenoxy) is 1. The number of nitrogens with zero attached hydrogens (tertiary/aromatic N) is 2. The minimum Gasteiger partial charge on any atom is -0.480 e. The van der Waals surface area contributed by atoms with Gasteiger partial charge in [-0.2, -0.15) is 0 Å². The van der Waals surface area contributed by atoms with Crippen LogP contribution in [0.3, 0.4) is 0 Å². The molecular weight excluding hydrogens is 272 g/mol. The molecule has 0 aliphatic heterocycles. The molecule has 6 heteroatoms. The Morgan fingerprint density at radius 3 is 2.38 bits per heavy atom. The van der Waals surface area contributed by atoms with E-state index in [0.29, 0.717) is 13.2 Å². The van der Waals surface area contributed by atoms with Crippen LogP contribution in [0.5, 0.6) is 0 Å². The third-order valence-electron chi connectivity index (χ3n) is 3.03. The van der Waals surface area contributed by atoms with E-state index in [1.54, 1.807) is 7.05 Å². The van der Waals surface area contributed by atoms with Gasteiger partial charge in [-0.15, -0.1) is 0 Å². The number of carboxylic acids is 1. The van der Waals surface area contributed by atoms with Crippen LogP contribution in [-0.2, 0) is 16.1 Å². The largest absolute Gasteiger partial charge is 0.480 e. The normalized spacial score (nSPS) is 10.2. The zero-order valence-electron chi connectivity index (χ0n) is 12.7. The number of carboxylic acid groups (broad SMARTS) is 1. The van der Waals surface area contributed by atoms with Crippen LogP contribution in [0.1, 0.15) is 11.1 Å². The molecule has 0 atom stereocenters. The summed E-state index contributed by atoms with van der Waals surface area (Å²) in [6.45, 7) is 2.65. The molecule has 0 aliphatic rings. The number of urea groups is 1. The molecule has 1 aromatic carbocycles. The van der Waals surface area contributed by atoms with Crippen molar-refractivity contribution in [1.29, 1.82) is 0 Å². The molecule has 21 heavy (non-hydrogen) atoms. The molecule has 6 nitrogen and oxygen atoms in total. The number of benzene rings is 1. The Labute approximate surface area is 124 Å². The topological polar surface area (TPSA) is 70.1 Å². The second kappa shape index (κ2) is 8.26. The van der Waals surface area contributed by atoms with Crippen LogP contribution in [-0.4, -0.2) is 60.8 Å². The van der Waals surface area contributed by atoms with Crippen LogP contribution in [0.25, 0.3) is 0 Å². The van der Waals surface area contributed by atoms with E-state index in [-0.39, 0.29) is 19.1 Å². The Morgan fingerprint density at radius 1 is 1.24 bits per heavy atom. The minimum absolute atomic E-state index is 0.250. The number of amides is 2. The second-order valence-electron chi connectivity index (χ2n) is 4.93. The van der Waals surface area contributed by atoms with E-state index < -0.39 is 5.97 Å². The van der Waals surface area contributed by atoms with Gasteiger partial charge in [0, 0.05) is 27.2 Å². The highest BCUT2D eigenvalue weighted by molar-refractivity contribution is 5.80. The molecule has 116 valence electrons. The van der Waals surface area contributed by atoms with Gasteiger partial charge in [-0.3, -0.25) is 4.79 Å². The molecule has 0 aromatic heterocycles. The van der Waals surface area contributed by atoms with Crippen molar-refractivity contribution in [2.75, 3.05) is 33.9 Å². The Morgan fingerprint density at radius 2 is 1.86 bits per heavy atom. The number of hydrogen-bond acceptors (Lipinski definition) is 3. The third-order valence-corrected chi connectivity index (χ3v) is 3.03. The maximum Gasteiger partial charge on any atom is 0.323 e. The summed E-state index contributed by atoms with van der Waals surface area (Å²) < 4.78 is 4.91. The molecule has 0 saturated heterocycles. The Kier molecular flexibility index (Phi) is 6.68. The van der Waals surface area contributed by atoms with E-state index in [1.807, 2.05) is 31.2 Å². The molecule has 1 aromatic rings. The molecule has 0 bridgehead atoms. The first-order valence-electron chi connectivity index (χ1n) is 6.70. The Bertz CT molecular complexity index is 473. The number of aliphatic carboxylic acids is 1. The standard InChI is InChI=1S/C15H22N2O4/c1-12-4-6-13(7-5-12)10-16(2)15(20)17(8-9-21-3)11-14(18)19/h4-7H,8-11H2,1-3H3,(H,18,19). The molecule has 1 N–H and O–H groups in total. The van der Waals surface area contributed by atoms with Crippen molar-refractivity contribution in [3.63, 3.8) is 0 Å². The van der Waals surface area contributed by atoms with Crippen molar-refractivity contribution in [3.05, 3.63) is 35.4 Å². The van der Waals surface area contributed by atoms with Crippen molar-refractivity contribution in [3.8, 4) is 0 Å². The molecule has 0 unspecified atom stereocenters. The predicted octanol–water partition coefficient (Wildman–Crippen LogP) is 1.58. The van der Waals surface area contributed by atoms with E-state index >= 15 is 0 Å². The number of aryl methyl sites for hydroxylation is 1. The second-order valence-corrected chi connectivity index (χ2v) is 4.93. The monoisotopic (exact) mass is 294 g/mol.